The van der Waals surface area contributed by atoms with Crippen molar-refractivity contribution in [3.05, 3.63) is 0 Å². The highest BCUT2D eigenvalue weighted by atomic mass is 16.5. The summed E-state index contributed by atoms with van der Waals surface area (Å²) in [6.45, 7) is 10.6. The molecule has 0 aromatic carbocycles. The summed E-state index contributed by atoms with van der Waals surface area (Å²) < 4.78 is 5.29. The number of piperidine rings is 1. The molecule has 0 atom stereocenters. The van der Waals surface area contributed by atoms with Gasteiger partial charge in [-0.1, -0.05) is 20.8 Å². The molecule has 2 saturated heterocycles. The van der Waals surface area contributed by atoms with E-state index in [4.69, 9.17) is 4.74 Å². The normalized spacial score (nSPS) is 21.5. The van der Waals surface area contributed by atoms with Gasteiger partial charge >= 0.3 is 0 Å². The molecule has 1 amide bonds. The average Bonchev–Trinajstić information content (AvgIpc) is 2.58. The number of hydrogen-bond donors (Lipinski definition) is 2. The second kappa shape index (κ2) is 8.70. The topological polar surface area (TPSA) is 66.0 Å². The number of ether oxygens (including phenoxy) is 1. The molecule has 2 N–H and O–H groups in total. The Morgan fingerprint density at radius 2 is 1.92 bits per heavy atom. The highest BCUT2D eigenvalue weighted by Gasteiger charge is 2.33. The van der Waals surface area contributed by atoms with E-state index in [2.05, 4.69) is 36.4 Å². The summed E-state index contributed by atoms with van der Waals surface area (Å²) in [5.74, 6) is 1.38. The third kappa shape index (κ3) is 4.85. The quantitative estimate of drug-likeness (QED) is 0.570. The van der Waals surface area contributed by atoms with Gasteiger partial charge in [-0.2, -0.15) is 0 Å². The van der Waals surface area contributed by atoms with Gasteiger partial charge in [-0.05, 0) is 25.7 Å². The van der Waals surface area contributed by atoms with Crippen molar-refractivity contribution in [1.29, 1.82) is 0 Å². The Morgan fingerprint density at radius 1 is 1.29 bits per heavy atom. The number of guanidine groups is 1. The van der Waals surface area contributed by atoms with Crippen molar-refractivity contribution < 1.29 is 9.53 Å². The van der Waals surface area contributed by atoms with E-state index in [9.17, 15) is 4.79 Å². The lowest BCUT2D eigenvalue weighted by Crippen LogP contribution is -2.54. The fraction of sp³-hybridized carbons (Fsp3) is 0.889. The number of amides is 1. The number of carbonyl (C=O) groups excluding carboxylic acids is 1. The zero-order valence-electron chi connectivity index (χ0n) is 15.7. The fourth-order valence-corrected chi connectivity index (χ4v) is 3.38. The van der Waals surface area contributed by atoms with Crippen molar-refractivity contribution >= 4 is 11.9 Å². The van der Waals surface area contributed by atoms with Crippen molar-refractivity contribution in [3.8, 4) is 0 Å². The van der Waals surface area contributed by atoms with E-state index >= 15 is 0 Å². The lowest BCUT2D eigenvalue weighted by Gasteiger charge is -2.39. The minimum atomic E-state index is 0.189. The number of rotatable bonds is 6. The fourth-order valence-electron chi connectivity index (χ4n) is 3.38. The number of likely N-dealkylation sites (tertiary alicyclic amines) is 1. The molecule has 0 radical (unpaired) electrons. The van der Waals surface area contributed by atoms with Gasteiger partial charge in [0.2, 0.25) is 5.91 Å². The molecule has 2 fully saturated rings. The number of hydrogen-bond acceptors (Lipinski definition) is 3. The van der Waals surface area contributed by atoms with Crippen LogP contribution in [0.15, 0.2) is 4.99 Å². The Morgan fingerprint density at radius 3 is 2.38 bits per heavy atom. The van der Waals surface area contributed by atoms with Crippen LogP contribution in [0.5, 0.6) is 0 Å². The SMILES string of the molecule is CCC(CC)C(=O)N1CCC(NC(=NC)NCC2(C)COC2)CC1. The first-order chi connectivity index (χ1) is 11.5. The summed E-state index contributed by atoms with van der Waals surface area (Å²) >= 11 is 0. The van der Waals surface area contributed by atoms with Gasteiger partial charge in [0, 0.05) is 44.1 Å². The van der Waals surface area contributed by atoms with Crippen LogP contribution in [-0.4, -0.2) is 62.7 Å². The number of nitrogens with one attached hydrogen (secondary N) is 2. The molecular weight excluding hydrogens is 304 g/mol. The maximum atomic E-state index is 12.5. The van der Waals surface area contributed by atoms with Crippen molar-refractivity contribution in [2.75, 3.05) is 39.9 Å². The summed E-state index contributed by atoms with van der Waals surface area (Å²) in [5, 5.41) is 6.91. The van der Waals surface area contributed by atoms with Gasteiger partial charge in [-0.3, -0.25) is 9.79 Å². The summed E-state index contributed by atoms with van der Waals surface area (Å²) in [6, 6.07) is 0.382. The van der Waals surface area contributed by atoms with Crippen LogP contribution in [0.4, 0.5) is 0 Å². The van der Waals surface area contributed by atoms with E-state index in [1.807, 2.05) is 4.90 Å². The molecule has 0 unspecified atom stereocenters. The van der Waals surface area contributed by atoms with Crippen molar-refractivity contribution in [2.24, 2.45) is 16.3 Å². The maximum Gasteiger partial charge on any atom is 0.225 e. The lowest BCUT2D eigenvalue weighted by atomic mass is 9.89. The molecule has 2 rings (SSSR count). The summed E-state index contributed by atoms with van der Waals surface area (Å²) in [6.07, 6.45) is 3.83. The number of aliphatic imine (C=N–C) groups is 1. The highest BCUT2D eigenvalue weighted by molar-refractivity contribution is 5.80. The monoisotopic (exact) mass is 338 g/mol. The molecule has 2 aliphatic rings. The third-order valence-corrected chi connectivity index (χ3v) is 5.29. The van der Waals surface area contributed by atoms with Gasteiger partial charge in [0.1, 0.15) is 0 Å². The van der Waals surface area contributed by atoms with Crippen LogP contribution in [0.2, 0.25) is 0 Å². The number of nitrogens with zero attached hydrogens (tertiary/aromatic N) is 2. The molecule has 138 valence electrons. The molecule has 2 heterocycles. The van der Waals surface area contributed by atoms with Crippen molar-refractivity contribution in [2.45, 2.75) is 52.5 Å². The molecule has 0 saturated carbocycles. The van der Waals surface area contributed by atoms with Crippen LogP contribution in [-0.2, 0) is 9.53 Å². The second-order valence-corrected chi connectivity index (χ2v) is 7.49. The molecule has 0 spiro atoms. The van der Waals surface area contributed by atoms with Gasteiger partial charge in [-0.25, -0.2) is 0 Å². The summed E-state index contributed by atoms with van der Waals surface area (Å²) in [4.78, 5) is 18.8. The molecule has 0 aromatic heterocycles. The Balaban J connectivity index is 1.74. The zero-order valence-corrected chi connectivity index (χ0v) is 15.7. The summed E-state index contributed by atoms with van der Waals surface area (Å²) in [5.41, 5.74) is 0.225. The molecule has 0 bridgehead atoms. The first kappa shape index (κ1) is 19.0. The second-order valence-electron chi connectivity index (χ2n) is 7.49. The largest absolute Gasteiger partial charge is 0.380 e. The van der Waals surface area contributed by atoms with Crippen LogP contribution in [0.1, 0.15) is 46.5 Å². The lowest BCUT2D eigenvalue weighted by molar-refractivity contribution is -0.136. The minimum absolute atomic E-state index is 0.189. The predicted molar refractivity (Wildman–Crippen MR) is 97.1 cm³/mol. The van der Waals surface area contributed by atoms with Gasteiger partial charge in [0.15, 0.2) is 5.96 Å². The third-order valence-electron chi connectivity index (χ3n) is 5.29. The Kier molecular flexibility index (Phi) is 6.90. The molecule has 24 heavy (non-hydrogen) atoms. The van der Waals surface area contributed by atoms with Crippen LogP contribution in [0.25, 0.3) is 0 Å². The molecule has 0 aliphatic carbocycles. The van der Waals surface area contributed by atoms with Crippen LogP contribution in [0, 0.1) is 11.3 Å². The van der Waals surface area contributed by atoms with E-state index in [-0.39, 0.29) is 11.3 Å². The summed E-state index contributed by atoms with van der Waals surface area (Å²) in [7, 11) is 1.81. The first-order valence-corrected chi connectivity index (χ1v) is 9.35. The van der Waals surface area contributed by atoms with E-state index < -0.39 is 0 Å². The first-order valence-electron chi connectivity index (χ1n) is 9.35. The average molecular weight is 338 g/mol. The van der Waals surface area contributed by atoms with Gasteiger partial charge in [0.25, 0.3) is 0 Å². The number of carbonyl (C=O) groups is 1. The Labute approximate surface area is 146 Å². The van der Waals surface area contributed by atoms with Gasteiger partial charge in [-0.15, -0.1) is 0 Å². The van der Waals surface area contributed by atoms with E-state index in [0.29, 0.717) is 11.9 Å². The van der Waals surface area contributed by atoms with Crippen LogP contribution < -0.4 is 10.6 Å². The van der Waals surface area contributed by atoms with E-state index in [0.717, 1.165) is 64.5 Å². The van der Waals surface area contributed by atoms with Crippen molar-refractivity contribution in [3.63, 3.8) is 0 Å². The standard InChI is InChI=1S/C18H34N4O2/c1-5-14(6-2)16(23)22-9-7-15(8-10-22)21-17(19-4)20-11-18(3)12-24-13-18/h14-15H,5-13H2,1-4H3,(H2,19,20,21). The minimum Gasteiger partial charge on any atom is -0.380 e. The van der Waals surface area contributed by atoms with Gasteiger partial charge < -0.3 is 20.3 Å². The highest BCUT2D eigenvalue weighted by Crippen LogP contribution is 2.25. The smallest absolute Gasteiger partial charge is 0.225 e. The molecule has 6 heteroatoms. The molecule has 2 aliphatic heterocycles. The molecular formula is C18H34N4O2. The predicted octanol–water partition coefficient (Wildman–Crippen LogP) is 1.62. The van der Waals surface area contributed by atoms with Gasteiger partial charge in [0.05, 0.1) is 13.2 Å². The van der Waals surface area contributed by atoms with Crippen LogP contribution in [0.3, 0.4) is 0 Å². The molecule has 0 aromatic rings. The van der Waals surface area contributed by atoms with Crippen LogP contribution >= 0.6 is 0 Å². The van der Waals surface area contributed by atoms with Crippen molar-refractivity contribution in [1.82, 2.24) is 15.5 Å². The zero-order chi connectivity index (χ0) is 17.6. The molecule has 6 nitrogen and oxygen atoms in total. The van der Waals surface area contributed by atoms with E-state index in [1.165, 1.54) is 0 Å². The maximum absolute atomic E-state index is 12.5. The Bertz CT molecular complexity index is 436. The Hall–Kier alpha value is -1.30. The van der Waals surface area contributed by atoms with E-state index in [1.54, 1.807) is 7.05 Å².